The molecule has 0 radical (unpaired) electrons. The number of carbonyl (C=O) groups is 1. The van der Waals surface area contributed by atoms with Gasteiger partial charge in [-0.2, -0.15) is 0 Å². The Bertz CT molecular complexity index is 317. The number of ether oxygens (including phenoxy) is 1. The quantitative estimate of drug-likeness (QED) is 0.391. The Hall–Kier alpha value is -1.64. The summed E-state index contributed by atoms with van der Waals surface area (Å²) in [5.74, 6) is 0.129. The fraction of sp³-hybridized carbons (Fsp3) is 0.200. The van der Waals surface area contributed by atoms with Crippen LogP contribution in [-0.4, -0.2) is 18.7 Å². The molecule has 0 saturated heterocycles. The predicted molar refractivity (Wildman–Crippen MR) is 51.1 cm³/mol. The lowest BCUT2D eigenvalue weighted by Gasteiger charge is -2.01. The van der Waals surface area contributed by atoms with Crippen molar-refractivity contribution in [3.63, 3.8) is 0 Å². The molecule has 0 aliphatic heterocycles. The summed E-state index contributed by atoms with van der Waals surface area (Å²) >= 11 is 0. The number of esters is 1. The molecule has 0 aliphatic carbocycles. The molecule has 0 bridgehead atoms. The highest BCUT2D eigenvalue weighted by atomic mass is 16.5. The van der Waals surface area contributed by atoms with Crippen molar-refractivity contribution in [2.24, 2.45) is 4.99 Å². The molecular formula is C10H11NO2. The number of carbonyl (C=O) groups excluding carboxylic acids is 1. The van der Waals surface area contributed by atoms with Crippen LogP contribution in [0.25, 0.3) is 0 Å². The third kappa shape index (κ3) is 2.71. The number of hydrogen-bond donors (Lipinski definition) is 0. The zero-order valence-corrected chi connectivity index (χ0v) is 7.65. The van der Waals surface area contributed by atoms with Crippen LogP contribution in [0, 0.1) is 0 Å². The van der Waals surface area contributed by atoms with Crippen LogP contribution in [0.15, 0.2) is 35.3 Å². The predicted octanol–water partition coefficient (Wildman–Crippen LogP) is 1.68. The summed E-state index contributed by atoms with van der Waals surface area (Å²) in [7, 11) is 1.56. The topological polar surface area (TPSA) is 38.7 Å². The summed E-state index contributed by atoms with van der Waals surface area (Å²) in [6, 6.07) is 8.92. The van der Waals surface area contributed by atoms with Gasteiger partial charge in [0.25, 0.3) is 0 Å². The fourth-order valence-electron chi connectivity index (χ4n) is 0.761. The summed E-state index contributed by atoms with van der Waals surface area (Å²) in [5.41, 5.74) is 0.365. The van der Waals surface area contributed by atoms with Gasteiger partial charge in [0.05, 0.1) is 0 Å². The van der Waals surface area contributed by atoms with Crippen molar-refractivity contribution in [2.75, 3.05) is 7.05 Å². The molecule has 13 heavy (non-hydrogen) atoms. The maximum atomic E-state index is 11.2. The number of rotatable bonds is 2. The lowest BCUT2D eigenvalue weighted by Crippen LogP contribution is -2.17. The molecule has 3 nitrogen and oxygen atoms in total. The van der Waals surface area contributed by atoms with Gasteiger partial charge in [-0.05, 0) is 19.1 Å². The van der Waals surface area contributed by atoms with Gasteiger partial charge in [0.15, 0.2) is 0 Å². The van der Waals surface area contributed by atoms with Gasteiger partial charge in [0, 0.05) is 7.05 Å². The second-order valence-electron chi connectivity index (χ2n) is 2.51. The average Bonchev–Trinajstić information content (AvgIpc) is 2.18. The summed E-state index contributed by atoms with van der Waals surface area (Å²) in [6.45, 7) is 1.62. The van der Waals surface area contributed by atoms with Crippen LogP contribution < -0.4 is 4.74 Å². The Kier molecular flexibility index (Phi) is 3.20. The van der Waals surface area contributed by atoms with Crippen LogP contribution >= 0.6 is 0 Å². The first-order valence-corrected chi connectivity index (χ1v) is 3.94. The third-order valence-electron chi connectivity index (χ3n) is 1.58. The second-order valence-corrected chi connectivity index (χ2v) is 2.51. The molecular weight excluding hydrogens is 166 g/mol. The first-order valence-electron chi connectivity index (χ1n) is 3.94. The molecule has 3 heteroatoms. The van der Waals surface area contributed by atoms with Gasteiger partial charge in [-0.3, -0.25) is 4.99 Å². The van der Waals surface area contributed by atoms with Crippen molar-refractivity contribution in [1.29, 1.82) is 0 Å². The van der Waals surface area contributed by atoms with E-state index in [1.165, 1.54) is 0 Å². The van der Waals surface area contributed by atoms with Gasteiger partial charge < -0.3 is 4.74 Å². The van der Waals surface area contributed by atoms with E-state index < -0.39 is 5.97 Å². The molecule has 0 fully saturated rings. The summed E-state index contributed by atoms with van der Waals surface area (Å²) in [5, 5.41) is 0. The van der Waals surface area contributed by atoms with Gasteiger partial charge in [0.2, 0.25) is 0 Å². The Balaban J connectivity index is 2.66. The van der Waals surface area contributed by atoms with Gasteiger partial charge in [-0.15, -0.1) is 0 Å². The fourth-order valence-corrected chi connectivity index (χ4v) is 0.761. The minimum absolute atomic E-state index is 0.365. The van der Waals surface area contributed by atoms with Crippen LogP contribution in [0.5, 0.6) is 5.75 Å². The van der Waals surface area contributed by atoms with Crippen molar-refractivity contribution in [3.8, 4) is 5.75 Å². The van der Waals surface area contributed by atoms with E-state index in [1.807, 2.05) is 6.07 Å². The SMILES string of the molecule is CN=C(C)C(=O)Oc1ccccc1. The van der Waals surface area contributed by atoms with E-state index in [1.54, 1.807) is 38.2 Å². The van der Waals surface area contributed by atoms with E-state index in [9.17, 15) is 4.79 Å². The van der Waals surface area contributed by atoms with Crippen molar-refractivity contribution in [1.82, 2.24) is 0 Å². The normalized spacial score (nSPS) is 11.1. The van der Waals surface area contributed by atoms with Crippen LogP contribution in [-0.2, 0) is 4.79 Å². The minimum Gasteiger partial charge on any atom is -0.422 e. The highest BCUT2D eigenvalue weighted by molar-refractivity contribution is 6.35. The van der Waals surface area contributed by atoms with Crippen molar-refractivity contribution < 1.29 is 9.53 Å². The molecule has 1 aromatic carbocycles. The van der Waals surface area contributed by atoms with Gasteiger partial charge in [-0.25, -0.2) is 4.79 Å². The Morgan fingerprint density at radius 3 is 2.46 bits per heavy atom. The summed E-state index contributed by atoms with van der Waals surface area (Å²) in [4.78, 5) is 14.9. The molecule has 1 aromatic rings. The average molecular weight is 177 g/mol. The van der Waals surface area contributed by atoms with Gasteiger partial charge in [0.1, 0.15) is 11.5 Å². The van der Waals surface area contributed by atoms with Gasteiger partial charge in [-0.1, -0.05) is 18.2 Å². The molecule has 0 heterocycles. The molecule has 0 amide bonds. The molecule has 0 unspecified atom stereocenters. The smallest absolute Gasteiger partial charge is 0.357 e. The largest absolute Gasteiger partial charge is 0.422 e. The number of hydrogen-bond acceptors (Lipinski definition) is 3. The van der Waals surface area contributed by atoms with Crippen molar-refractivity contribution in [3.05, 3.63) is 30.3 Å². The molecule has 0 atom stereocenters. The highest BCUT2D eigenvalue weighted by Gasteiger charge is 2.06. The monoisotopic (exact) mass is 177 g/mol. The van der Waals surface area contributed by atoms with Crippen LogP contribution in [0.3, 0.4) is 0 Å². The zero-order valence-electron chi connectivity index (χ0n) is 7.65. The summed E-state index contributed by atoms with van der Waals surface area (Å²) < 4.78 is 5.00. The molecule has 0 spiro atoms. The molecule has 0 aromatic heterocycles. The number of nitrogens with zero attached hydrogens (tertiary/aromatic N) is 1. The third-order valence-corrected chi connectivity index (χ3v) is 1.58. The Labute approximate surface area is 77.1 Å². The lowest BCUT2D eigenvalue weighted by molar-refractivity contribution is -0.127. The minimum atomic E-state index is -0.409. The molecule has 0 saturated carbocycles. The standard InChI is InChI=1S/C10H11NO2/c1-8(11-2)10(12)13-9-6-4-3-5-7-9/h3-7H,1-2H3. The van der Waals surface area contributed by atoms with E-state index in [0.29, 0.717) is 11.5 Å². The number of aliphatic imine (C=N–C) groups is 1. The van der Waals surface area contributed by atoms with Crippen LogP contribution in [0.1, 0.15) is 6.92 Å². The second kappa shape index (κ2) is 4.40. The Morgan fingerprint density at radius 2 is 1.92 bits per heavy atom. The maximum absolute atomic E-state index is 11.2. The Morgan fingerprint density at radius 1 is 1.31 bits per heavy atom. The molecule has 0 aliphatic rings. The first-order chi connectivity index (χ1) is 6.24. The first kappa shape index (κ1) is 9.45. The van der Waals surface area contributed by atoms with E-state index in [-0.39, 0.29) is 0 Å². The number of para-hydroxylation sites is 1. The van der Waals surface area contributed by atoms with E-state index in [0.717, 1.165) is 0 Å². The van der Waals surface area contributed by atoms with Crippen LogP contribution in [0.2, 0.25) is 0 Å². The van der Waals surface area contributed by atoms with Crippen molar-refractivity contribution in [2.45, 2.75) is 6.92 Å². The highest BCUT2D eigenvalue weighted by Crippen LogP contribution is 2.08. The lowest BCUT2D eigenvalue weighted by atomic mass is 10.3. The maximum Gasteiger partial charge on any atom is 0.357 e. The molecule has 0 N–H and O–H groups in total. The summed E-state index contributed by atoms with van der Waals surface area (Å²) in [6.07, 6.45) is 0. The van der Waals surface area contributed by atoms with E-state index >= 15 is 0 Å². The van der Waals surface area contributed by atoms with Crippen LogP contribution in [0.4, 0.5) is 0 Å². The molecule has 68 valence electrons. The van der Waals surface area contributed by atoms with E-state index in [2.05, 4.69) is 4.99 Å². The zero-order chi connectivity index (χ0) is 9.68. The van der Waals surface area contributed by atoms with Gasteiger partial charge >= 0.3 is 5.97 Å². The molecule has 1 rings (SSSR count). The van der Waals surface area contributed by atoms with E-state index in [4.69, 9.17) is 4.74 Å². The van der Waals surface area contributed by atoms with Crippen molar-refractivity contribution >= 4 is 11.7 Å². The number of benzene rings is 1.